The van der Waals surface area contributed by atoms with Crippen LogP contribution in [-0.2, 0) is 0 Å². The van der Waals surface area contributed by atoms with E-state index in [9.17, 15) is 4.79 Å². The third kappa shape index (κ3) is 2.41. The highest BCUT2D eigenvalue weighted by atomic mass is 16.5. The van der Waals surface area contributed by atoms with E-state index in [1.165, 1.54) is 0 Å². The van der Waals surface area contributed by atoms with Gasteiger partial charge in [-0.15, -0.1) is 4.74 Å². The Morgan fingerprint density at radius 3 is 2.35 bits per heavy atom. The topological polar surface area (TPSA) is 77.5 Å². The van der Waals surface area contributed by atoms with Crippen LogP contribution >= 0.6 is 0 Å². The first kappa shape index (κ1) is 14.2. The Morgan fingerprint density at radius 1 is 1.20 bits per heavy atom. The Hall–Kier alpha value is -2.24. The highest BCUT2D eigenvalue weighted by Crippen LogP contribution is 2.31. The van der Waals surface area contributed by atoms with Gasteiger partial charge in [0.25, 0.3) is 5.91 Å². The first-order valence-corrected chi connectivity index (χ1v) is 6.65. The Bertz CT molecular complexity index is 684. The molecule has 0 amide bonds. The lowest BCUT2D eigenvalue weighted by molar-refractivity contribution is 0.0791. The van der Waals surface area contributed by atoms with E-state index in [-0.39, 0.29) is 17.8 Å². The third-order valence-corrected chi connectivity index (χ3v) is 2.82. The fourth-order valence-electron chi connectivity index (χ4n) is 1.91. The summed E-state index contributed by atoms with van der Waals surface area (Å²) >= 11 is 0. The van der Waals surface area contributed by atoms with Crippen LogP contribution in [0.3, 0.4) is 0 Å². The monoisotopic (exact) mass is 278 g/mol. The van der Waals surface area contributed by atoms with Crippen LogP contribution in [0.2, 0.25) is 0 Å². The predicted molar refractivity (Wildman–Crippen MR) is 73.3 cm³/mol. The molecular formula is C14H18N2O4. The summed E-state index contributed by atoms with van der Waals surface area (Å²) in [6.07, 6.45) is 0.271. The molecule has 0 aliphatic rings. The molecule has 0 saturated carbocycles. The number of hydrogen-bond donors (Lipinski definition) is 1. The van der Waals surface area contributed by atoms with Gasteiger partial charge in [-0.25, -0.2) is 0 Å². The fraction of sp³-hybridized carbons (Fsp3) is 0.429. The quantitative estimate of drug-likeness (QED) is 0.911. The molecule has 0 saturated heterocycles. The van der Waals surface area contributed by atoms with E-state index in [4.69, 9.17) is 19.4 Å². The molecule has 0 spiro atoms. The molecule has 0 bridgehead atoms. The second-order valence-corrected chi connectivity index (χ2v) is 4.14. The minimum atomic E-state index is -0.262. The molecule has 1 aromatic heterocycles. The van der Waals surface area contributed by atoms with Gasteiger partial charge in [0.05, 0.1) is 18.6 Å². The lowest BCUT2D eigenvalue weighted by atomic mass is 10.2. The molecule has 6 nitrogen and oxygen atoms in total. The van der Waals surface area contributed by atoms with E-state index in [0.717, 1.165) is 4.74 Å². The van der Waals surface area contributed by atoms with Crippen molar-refractivity contribution in [2.24, 2.45) is 0 Å². The van der Waals surface area contributed by atoms with Crippen LogP contribution in [0, 0.1) is 5.41 Å². The number of benzene rings is 1. The van der Waals surface area contributed by atoms with E-state index in [2.05, 4.69) is 0 Å². The summed E-state index contributed by atoms with van der Waals surface area (Å²) in [4.78, 5) is 11.7. The van der Waals surface area contributed by atoms with Crippen molar-refractivity contribution in [1.29, 1.82) is 5.41 Å². The van der Waals surface area contributed by atoms with Crippen molar-refractivity contribution in [1.82, 2.24) is 4.74 Å². The van der Waals surface area contributed by atoms with Crippen LogP contribution < -0.4 is 15.0 Å². The molecule has 2 aromatic rings. The van der Waals surface area contributed by atoms with Gasteiger partial charge in [-0.05, 0) is 19.9 Å². The van der Waals surface area contributed by atoms with Crippen molar-refractivity contribution in [2.75, 3.05) is 13.2 Å². The summed E-state index contributed by atoms with van der Waals surface area (Å²) < 4.78 is 17.4. The second kappa shape index (κ2) is 5.81. The molecule has 0 atom stereocenters. The summed E-state index contributed by atoms with van der Waals surface area (Å²) in [5.41, 5.74) is 0.458. The van der Waals surface area contributed by atoms with E-state index < -0.39 is 0 Å². The lowest BCUT2D eigenvalue weighted by Crippen LogP contribution is -2.21. The van der Waals surface area contributed by atoms with Crippen molar-refractivity contribution in [2.45, 2.75) is 27.2 Å². The Kier molecular flexibility index (Phi) is 4.12. The van der Waals surface area contributed by atoms with Crippen LogP contribution in [-0.4, -0.2) is 23.9 Å². The van der Waals surface area contributed by atoms with E-state index in [1.807, 2.05) is 13.8 Å². The molecule has 2 rings (SSSR count). The largest absolute Gasteiger partial charge is 0.490 e. The normalized spacial score (nSPS) is 10.8. The first-order chi connectivity index (χ1) is 9.62. The Balaban J connectivity index is 2.63. The van der Waals surface area contributed by atoms with Crippen molar-refractivity contribution in [3.63, 3.8) is 0 Å². The summed E-state index contributed by atoms with van der Waals surface area (Å²) in [5.74, 6) is 0.834. The van der Waals surface area contributed by atoms with Gasteiger partial charge in [-0.2, -0.15) is 0 Å². The van der Waals surface area contributed by atoms with Gasteiger partial charge in [0.1, 0.15) is 0 Å². The maximum atomic E-state index is 11.7. The van der Waals surface area contributed by atoms with Gasteiger partial charge in [0, 0.05) is 12.5 Å². The number of nitrogens with zero attached hydrogens (tertiary/aromatic N) is 1. The van der Waals surface area contributed by atoms with Crippen molar-refractivity contribution < 1.29 is 18.8 Å². The van der Waals surface area contributed by atoms with Gasteiger partial charge >= 0.3 is 0 Å². The molecule has 0 radical (unpaired) electrons. The number of fused-ring (bicyclic) bond motifs is 1. The average molecular weight is 278 g/mol. The molecule has 108 valence electrons. The zero-order valence-corrected chi connectivity index (χ0v) is 11.9. The zero-order valence-electron chi connectivity index (χ0n) is 11.9. The third-order valence-electron chi connectivity index (χ3n) is 2.82. The van der Waals surface area contributed by atoms with Crippen LogP contribution in [0.4, 0.5) is 0 Å². The summed E-state index contributed by atoms with van der Waals surface area (Å²) in [7, 11) is 0. The number of aromatic nitrogens is 1. The highest BCUT2D eigenvalue weighted by Gasteiger charge is 2.16. The molecule has 0 aliphatic carbocycles. The molecule has 0 aliphatic heterocycles. The van der Waals surface area contributed by atoms with Crippen LogP contribution in [0.5, 0.6) is 11.5 Å². The lowest BCUT2D eigenvalue weighted by Gasteiger charge is -2.09. The molecule has 6 heteroatoms. The van der Waals surface area contributed by atoms with Crippen molar-refractivity contribution in [3.8, 4) is 11.5 Å². The fourth-order valence-corrected chi connectivity index (χ4v) is 1.91. The Labute approximate surface area is 116 Å². The average Bonchev–Trinajstić information content (AvgIpc) is 2.76. The molecule has 1 heterocycles. The molecular weight excluding hydrogens is 260 g/mol. The highest BCUT2D eigenvalue weighted by molar-refractivity contribution is 5.85. The number of hydrogen-bond acceptors (Lipinski definition) is 5. The number of ether oxygens (including phenoxy) is 2. The number of carbonyl (C=O) groups is 1. The van der Waals surface area contributed by atoms with Crippen LogP contribution in [0.25, 0.3) is 11.0 Å². The summed E-state index contributed by atoms with van der Waals surface area (Å²) in [5, 5.41) is 8.53. The number of nitrogens with one attached hydrogen (secondary N) is 1. The van der Waals surface area contributed by atoms with Crippen molar-refractivity contribution >= 4 is 16.9 Å². The maximum absolute atomic E-state index is 11.7. The van der Waals surface area contributed by atoms with E-state index >= 15 is 0 Å². The molecule has 0 unspecified atom stereocenters. The van der Waals surface area contributed by atoms with Gasteiger partial charge in [0.2, 0.25) is 0 Å². The summed E-state index contributed by atoms with van der Waals surface area (Å²) in [6, 6.07) is 3.33. The zero-order chi connectivity index (χ0) is 14.7. The molecule has 1 aromatic carbocycles. The van der Waals surface area contributed by atoms with Gasteiger partial charge in [-0.1, -0.05) is 6.92 Å². The smallest absolute Gasteiger partial charge is 0.261 e. The molecule has 1 N–H and O–H groups in total. The second-order valence-electron chi connectivity index (χ2n) is 4.14. The standard InChI is InChI=1S/C14H18N2O4/c1-4-13(17)16-14(15)9-7-11(18-5-2)12(19-6-3)8-10(9)20-16/h7-8,15H,4-6H2,1-3H3. The first-order valence-electron chi connectivity index (χ1n) is 6.65. The molecule has 20 heavy (non-hydrogen) atoms. The summed E-state index contributed by atoms with van der Waals surface area (Å²) in [6.45, 7) is 6.45. The minimum absolute atomic E-state index is 0.0239. The number of rotatable bonds is 5. The van der Waals surface area contributed by atoms with Crippen LogP contribution in [0.15, 0.2) is 16.7 Å². The minimum Gasteiger partial charge on any atom is -0.490 e. The predicted octanol–water partition coefficient (Wildman–Crippen LogP) is 2.56. The van der Waals surface area contributed by atoms with E-state index in [0.29, 0.717) is 35.7 Å². The Morgan fingerprint density at radius 2 is 1.80 bits per heavy atom. The molecule has 0 fully saturated rings. The van der Waals surface area contributed by atoms with E-state index in [1.54, 1.807) is 19.1 Å². The number of carbonyl (C=O) groups excluding carboxylic acids is 1. The maximum Gasteiger partial charge on any atom is 0.261 e. The van der Waals surface area contributed by atoms with Crippen molar-refractivity contribution in [3.05, 3.63) is 17.6 Å². The van der Waals surface area contributed by atoms with Gasteiger partial charge < -0.3 is 14.0 Å². The van der Waals surface area contributed by atoms with Gasteiger partial charge in [0.15, 0.2) is 22.6 Å². The van der Waals surface area contributed by atoms with Crippen LogP contribution in [0.1, 0.15) is 32.0 Å². The SMILES string of the molecule is CCOc1cc2on(C(=O)CC)c(=N)c2cc1OCC. The van der Waals surface area contributed by atoms with Gasteiger partial charge in [-0.3, -0.25) is 10.2 Å².